The number of carboxylic acid groups (broad SMARTS) is 1. The Balaban J connectivity index is 2.36. The predicted octanol–water partition coefficient (Wildman–Crippen LogP) is 2.52. The van der Waals surface area contributed by atoms with E-state index >= 15 is 0 Å². The second-order valence-electron chi connectivity index (χ2n) is 4.33. The summed E-state index contributed by atoms with van der Waals surface area (Å²) >= 11 is 0. The van der Waals surface area contributed by atoms with Crippen LogP contribution in [0.25, 0.3) is 0 Å². The van der Waals surface area contributed by atoms with Crippen LogP contribution in [0, 0.1) is 11.3 Å². The maximum atomic E-state index is 12.4. The van der Waals surface area contributed by atoms with Gasteiger partial charge in [-0.25, -0.2) is 4.79 Å². The fourth-order valence-corrected chi connectivity index (χ4v) is 1.94. The molecule has 2 rings (SSSR count). The molecule has 0 radical (unpaired) electrons. The van der Waals surface area contributed by atoms with Crippen LogP contribution in [0.15, 0.2) is 42.5 Å². The van der Waals surface area contributed by atoms with Crippen molar-refractivity contribution in [3.05, 3.63) is 59.2 Å². The molecular formula is C16H12N2O4. The minimum Gasteiger partial charge on any atom is -0.496 e. The van der Waals surface area contributed by atoms with Crippen LogP contribution in [-0.4, -0.2) is 24.1 Å². The van der Waals surface area contributed by atoms with Crippen LogP contribution >= 0.6 is 0 Å². The fraction of sp³-hybridized carbons (Fsp3) is 0.0625. The Bertz CT molecular complexity index is 761. The Morgan fingerprint density at radius 1 is 1.18 bits per heavy atom. The molecule has 0 spiro atoms. The van der Waals surface area contributed by atoms with Crippen molar-refractivity contribution in [2.45, 2.75) is 0 Å². The molecule has 0 fully saturated rings. The Hall–Kier alpha value is -3.33. The van der Waals surface area contributed by atoms with Crippen LogP contribution in [0.5, 0.6) is 5.75 Å². The molecule has 0 bridgehead atoms. The molecule has 6 heteroatoms. The predicted molar refractivity (Wildman–Crippen MR) is 79.1 cm³/mol. The van der Waals surface area contributed by atoms with Gasteiger partial charge in [-0.2, -0.15) is 5.26 Å². The zero-order valence-electron chi connectivity index (χ0n) is 11.7. The third kappa shape index (κ3) is 3.04. The normalized spacial score (nSPS) is 9.64. The Morgan fingerprint density at radius 2 is 1.86 bits per heavy atom. The number of hydrogen-bond donors (Lipinski definition) is 2. The Morgan fingerprint density at radius 3 is 2.41 bits per heavy atom. The number of nitrogens with one attached hydrogen (secondary N) is 1. The van der Waals surface area contributed by atoms with Crippen molar-refractivity contribution in [2.75, 3.05) is 12.4 Å². The van der Waals surface area contributed by atoms with Crippen LogP contribution in [0.4, 0.5) is 5.69 Å². The number of ether oxygens (including phenoxy) is 1. The molecule has 0 unspecified atom stereocenters. The average molecular weight is 296 g/mol. The van der Waals surface area contributed by atoms with Crippen molar-refractivity contribution >= 4 is 17.6 Å². The van der Waals surface area contributed by atoms with Crippen LogP contribution in [-0.2, 0) is 0 Å². The summed E-state index contributed by atoms with van der Waals surface area (Å²) in [5.74, 6) is -1.64. The summed E-state index contributed by atoms with van der Waals surface area (Å²) in [4.78, 5) is 23.6. The minimum atomic E-state index is -1.22. The average Bonchev–Trinajstić information content (AvgIpc) is 2.54. The van der Waals surface area contributed by atoms with E-state index < -0.39 is 11.9 Å². The molecule has 2 aromatic rings. The summed E-state index contributed by atoms with van der Waals surface area (Å²) in [5.41, 5.74) is 0.708. The summed E-state index contributed by atoms with van der Waals surface area (Å²) in [6, 6.07) is 12.5. The second kappa shape index (κ2) is 6.41. The van der Waals surface area contributed by atoms with Gasteiger partial charge < -0.3 is 15.2 Å². The number of carbonyl (C=O) groups is 2. The molecule has 0 aromatic heterocycles. The van der Waals surface area contributed by atoms with E-state index in [0.717, 1.165) is 0 Å². The fourth-order valence-electron chi connectivity index (χ4n) is 1.94. The van der Waals surface area contributed by atoms with Gasteiger partial charge in [0.05, 0.1) is 29.9 Å². The van der Waals surface area contributed by atoms with Crippen molar-refractivity contribution in [3.63, 3.8) is 0 Å². The summed E-state index contributed by atoms with van der Waals surface area (Å²) in [6.07, 6.45) is 0. The topological polar surface area (TPSA) is 99.4 Å². The van der Waals surface area contributed by atoms with Gasteiger partial charge in [0.25, 0.3) is 5.91 Å². The molecule has 0 aliphatic carbocycles. The SMILES string of the molecule is COc1cccc(C(=O)O)c1C(=O)Nc1ccc(C#N)cc1. The van der Waals surface area contributed by atoms with Gasteiger partial charge in [0, 0.05) is 5.69 Å². The quantitative estimate of drug-likeness (QED) is 0.903. The second-order valence-corrected chi connectivity index (χ2v) is 4.33. The van der Waals surface area contributed by atoms with Crippen molar-refractivity contribution in [1.29, 1.82) is 5.26 Å². The maximum absolute atomic E-state index is 12.4. The number of methoxy groups -OCH3 is 1. The number of amides is 1. The van der Waals surface area contributed by atoms with E-state index in [4.69, 9.17) is 10.00 Å². The van der Waals surface area contributed by atoms with E-state index in [1.807, 2.05) is 6.07 Å². The molecule has 2 N–H and O–H groups in total. The third-order valence-corrected chi connectivity index (χ3v) is 2.98. The monoisotopic (exact) mass is 296 g/mol. The first-order chi connectivity index (χ1) is 10.6. The summed E-state index contributed by atoms with van der Waals surface area (Å²) < 4.78 is 5.06. The lowest BCUT2D eigenvalue weighted by Gasteiger charge is -2.12. The van der Waals surface area contributed by atoms with Crippen LogP contribution in [0.1, 0.15) is 26.3 Å². The molecule has 0 heterocycles. The van der Waals surface area contributed by atoms with Gasteiger partial charge in [0.1, 0.15) is 5.75 Å². The number of nitrogens with zero attached hydrogens (tertiary/aromatic N) is 1. The first-order valence-corrected chi connectivity index (χ1v) is 6.28. The van der Waals surface area contributed by atoms with Crippen LogP contribution < -0.4 is 10.1 Å². The van der Waals surface area contributed by atoms with E-state index in [-0.39, 0.29) is 16.9 Å². The van der Waals surface area contributed by atoms with E-state index in [9.17, 15) is 14.7 Å². The highest BCUT2D eigenvalue weighted by atomic mass is 16.5. The molecule has 1 amide bonds. The third-order valence-electron chi connectivity index (χ3n) is 2.98. The maximum Gasteiger partial charge on any atom is 0.336 e. The molecule has 2 aromatic carbocycles. The van der Waals surface area contributed by atoms with Gasteiger partial charge in [-0.05, 0) is 36.4 Å². The molecule has 0 aliphatic rings. The van der Waals surface area contributed by atoms with Crippen molar-refractivity contribution < 1.29 is 19.4 Å². The van der Waals surface area contributed by atoms with Crippen LogP contribution in [0.2, 0.25) is 0 Å². The highest BCUT2D eigenvalue weighted by Gasteiger charge is 2.21. The molecule has 110 valence electrons. The summed E-state index contributed by atoms with van der Waals surface area (Å²) in [6.45, 7) is 0. The van der Waals surface area contributed by atoms with Crippen molar-refractivity contribution in [2.24, 2.45) is 0 Å². The number of anilines is 1. The zero-order valence-corrected chi connectivity index (χ0v) is 11.7. The van der Waals surface area contributed by atoms with E-state index in [1.54, 1.807) is 24.3 Å². The molecule has 0 saturated heterocycles. The smallest absolute Gasteiger partial charge is 0.336 e. The number of hydrogen-bond acceptors (Lipinski definition) is 4. The van der Waals surface area contributed by atoms with Gasteiger partial charge >= 0.3 is 5.97 Å². The number of benzene rings is 2. The summed E-state index contributed by atoms with van der Waals surface area (Å²) in [5, 5.41) is 20.5. The first kappa shape index (κ1) is 15.1. The lowest BCUT2D eigenvalue weighted by molar-refractivity contribution is 0.0692. The van der Waals surface area contributed by atoms with Gasteiger partial charge in [0.2, 0.25) is 0 Å². The van der Waals surface area contributed by atoms with E-state index in [1.165, 1.54) is 25.3 Å². The lowest BCUT2D eigenvalue weighted by atomic mass is 10.1. The minimum absolute atomic E-state index is 0.0538. The highest BCUT2D eigenvalue weighted by Crippen LogP contribution is 2.24. The largest absolute Gasteiger partial charge is 0.496 e. The van der Waals surface area contributed by atoms with Crippen LogP contribution in [0.3, 0.4) is 0 Å². The standard InChI is InChI=1S/C16H12N2O4/c1-22-13-4-2-3-12(16(20)21)14(13)15(19)18-11-7-5-10(9-17)6-8-11/h2-8H,1H3,(H,18,19)(H,20,21). The van der Waals surface area contributed by atoms with Gasteiger partial charge in [0.15, 0.2) is 0 Å². The molecule has 6 nitrogen and oxygen atoms in total. The number of carboxylic acids is 1. The summed E-state index contributed by atoms with van der Waals surface area (Å²) in [7, 11) is 1.36. The Labute approximate surface area is 126 Å². The number of rotatable bonds is 4. The van der Waals surface area contributed by atoms with Gasteiger partial charge in [-0.15, -0.1) is 0 Å². The lowest BCUT2D eigenvalue weighted by Crippen LogP contribution is -2.17. The number of nitriles is 1. The molecule has 0 aliphatic heterocycles. The van der Waals surface area contributed by atoms with E-state index in [0.29, 0.717) is 11.3 Å². The number of aromatic carboxylic acids is 1. The number of carbonyl (C=O) groups excluding carboxylic acids is 1. The highest BCUT2D eigenvalue weighted by molar-refractivity contribution is 6.12. The first-order valence-electron chi connectivity index (χ1n) is 6.28. The molecule has 0 saturated carbocycles. The van der Waals surface area contributed by atoms with Gasteiger partial charge in [-0.1, -0.05) is 6.07 Å². The zero-order chi connectivity index (χ0) is 16.1. The molecule has 22 heavy (non-hydrogen) atoms. The molecule has 0 atom stereocenters. The Kier molecular flexibility index (Phi) is 4.39. The molecular weight excluding hydrogens is 284 g/mol. The van der Waals surface area contributed by atoms with Crippen molar-refractivity contribution in [3.8, 4) is 11.8 Å². The van der Waals surface area contributed by atoms with Crippen molar-refractivity contribution in [1.82, 2.24) is 0 Å². The van der Waals surface area contributed by atoms with E-state index in [2.05, 4.69) is 5.32 Å². The van der Waals surface area contributed by atoms with Gasteiger partial charge in [-0.3, -0.25) is 4.79 Å².